The third-order valence-corrected chi connectivity index (χ3v) is 1.66. The van der Waals surface area contributed by atoms with Gasteiger partial charge < -0.3 is 0 Å². The summed E-state index contributed by atoms with van der Waals surface area (Å²) in [6.45, 7) is 0. The highest BCUT2D eigenvalue weighted by Gasteiger charge is 2.06. The van der Waals surface area contributed by atoms with Gasteiger partial charge in [0.2, 0.25) is 0 Å². The molecule has 1 rings (SSSR count). The van der Waals surface area contributed by atoms with Crippen LogP contribution in [0, 0.1) is 0 Å². The molecule has 0 amide bonds. The van der Waals surface area contributed by atoms with E-state index in [4.69, 9.17) is 0 Å². The molecule has 0 unspecified atom stereocenters. The van der Waals surface area contributed by atoms with E-state index in [1.807, 2.05) is 6.26 Å². The van der Waals surface area contributed by atoms with Crippen molar-refractivity contribution in [2.45, 2.75) is 6.43 Å². The lowest BCUT2D eigenvalue weighted by Gasteiger charge is -1.97. The van der Waals surface area contributed by atoms with Crippen molar-refractivity contribution in [2.24, 2.45) is 4.40 Å². The minimum atomic E-state index is -2.51. The monoisotopic (exact) mass is 202 g/mol. The van der Waals surface area contributed by atoms with Crippen LogP contribution in [0.3, 0.4) is 0 Å². The van der Waals surface area contributed by atoms with Gasteiger partial charge in [-0.1, -0.05) is 0 Å². The molecule has 1 aromatic rings. The van der Waals surface area contributed by atoms with Crippen molar-refractivity contribution in [3.63, 3.8) is 0 Å². The summed E-state index contributed by atoms with van der Waals surface area (Å²) in [5.74, 6) is 0. The fourth-order valence-electron chi connectivity index (χ4n) is 0.736. The number of rotatable bonds is 3. The number of aromatic nitrogens is 1. The molecule has 70 valence electrons. The van der Waals surface area contributed by atoms with Crippen molar-refractivity contribution in [1.29, 1.82) is 0 Å². The molecule has 0 saturated heterocycles. The third-order valence-electron chi connectivity index (χ3n) is 1.34. The fourth-order valence-corrected chi connectivity index (χ4v) is 0.963. The van der Waals surface area contributed by atoms with E-state index in [9.17, 15) is 8.78 Å². The van der Waals surface area contributed by atoms with E-state index in [0.717, 1.165) is 5.56 Å². The minimum absolute atomic E-state index is 0.207. The molecule has 0 fully saturated rings. The van der Waals surface area contributed by atoms with Gasteiger partial charge in [-0.05, 0) is 24.1 Å². The van der Waals surface area contributed by atoms with Gasteiger partial charge in [0.05, 0.1) is 0 Å². The van der Waals surface area contributed by atoms with Gasteiger partial charge in [0.15, 0.2) is 0 Å². The first-order valence-corrected chi connectivity index (χ1v) is 4.73. The third kappa shape index (κ3) is 3.10. The maximum Gasteiger partial charge on any atom is 0.280 e. The highest BCUT2D eigenvalue weighted by molar-refractivity contribution is 7.97. The number of nitrogens with zero attached hydrogens (tertiary/aromatic N) is 2. The number of hydrogen-bond acceptors (Lipinski definition) is 3. The van der Waals surface area contributed by atoms with E-state index in [-0.39, 0.29) is 5.69 Å². The average molecular weight is 202 g/mol. The molecule has 0 N–H and O–H groups in total. The largest absolute Gasteiger partial charge is 0.280 e. The Bertz CT molecular complexity index is 285. The zero-order valence-corrected chi connectivity index (χ0v) is 7.76. The van der Waals surface area contributed by atoms with Gasteiger partial charge in [-0.25, -0.2) is 13.2 Å². The summed E-state index contributed by atoms with van der Waals surface area (Å²) in [6, 6.07) is 2.86. The van der Waals surface area contributed by atoms with Crippen molar-refractivity contribution in [3.8, 4) is 0 Å². The zero-order valence-electron chi connectivity index (χ0n) is 6.95. The van der Waals surface area contributed by atoms with E-state index in [1.54, 1.807) is 12.3 Å². The van der Waals surface area contributed by atoms with Gasteiger partial charge in [0.25, 0.3) is 6.43 Å². The number of alkyl halides is 2. The molecule has 0 aliphatic rings. The Morgan fingerprint density at radius 3 is 2.77 bits per heavy atom. The zero-order chi connectivity index (χ0) is 9.68. The quantitative estimate of drug-likeness (QED) is 0.556. The molecule has 0 atom stereocenters. The van der Waals surface area contributed by atoms with E-state index in [0.29, 0.717) is 0 Å². The van der Waals surface area contributed by atoms with Crippen LogP contribution in [0.25, 0.3) is 0 Å². The number of pyridine rings is 1. The normalized spacial score (nSPS) is 11.4. The van der Waals surface area contributed by atoms with Gasteiger partial charge in [-0.2, -0.15) is 0 Å². The summed E-state index contributed by atoms with van der Waals surface area (Å²) in [5, 5.41) is 0. The molecule has 1 aromatic heterocycles. The van der Waals surface area contributed by atoms with Crippen LogP contribution < -0.4 is 0 Å². The Kier molecular flexibility index (Phi) is 3.82. The summed E-state index contributed by atoms with van der Waals surface area (Å²) >= 11 is 1.30. The Balaban J connectivity index is 2.75. The van der Waals surface area contributed by atoms with Crippen molar-refractivity contribution >= 4 is 18.2 Å². The van der Waals surface area contributed by atoms with E-state index in [2.05, 4.69) is 9.38 Å². The number of halogens is 2. The summed E-state index contributed by atoms with van der Waals surface area (Å²) in [7, 11) is 0. The second-order valence-corrected chi connectivity index (χ2v) is 2.81. The van der Waals surface area contributed by atoms with Gasteiger partial charge in [0.1, 0.15) is 5.69 Å². The molecule has 5 heteroatoms. The molecule has 0 aliphatic carbocycles. The molecule has 0 spiro atoms. The first-order valence-electron chi connectivity index (χ1n) is 3.54. The van der Waals surface area contributed by atoms with Gasteiger partial charge in [-0.3, -0.25) is 4.98 Å². The second-order valence-electron chi connectivity index (χ2n) is 2.23. The predicted octanol–water partition coefficient (Wildman–Crippen LogP) is 2.72. The molecule has 0 saturated carbocycles. The molecule has 1 heterocycles. The van der Waals surface area contributed by atoms with Crippen molar-refractivity contribution < 1.29 is 8.78 Å². The second kappa shape index (κ2) is 4.91. The summed E-state index contributed by atoms with van der Waals surface area (Å²) in [6.07, 6.45) is 2.26. The highest BCUT2D eigenvalue weighted by Crippen LogP contribution is 2.15. The van der Waals surface area contributed by atoms with Crippen LogP contribution in [0.2, 0.25) is 0 Å². The molecular weight excluding hydrogens is 194 g/mol. The topological polar surface area (TPSA) is 25.2 Å². The van der Waals surface area contributed by atoms with Crippen LogP contribution in [-0.2, 0) is 0 Å². The maximum absolute atomic E-state index is 12.1. The molecule has 0 bridgehead atoms. The highest BCUT2D eigenvalue weighted by atomic mass is 32.2. The van der Waals surface area contributed by atoms with Crippen molar-refractivity contribution in [2.75, 3.05) is 6.26 Å². The fraction of sp³-hybridized carbons (Fsp3) is 0.250. The van der Waals surface area contributed by atoms with Gasteiger partial charge >= 0.3 is 0 Å². The van der Waals surface area contributed by atoms with E-state index >= 15 is 0 Å². The predicted molar refractivity (Wildman–Crippen MR) is 50.3 cm³/mol. The van der Waals surface area contributed by atoms with Gasteiger partial charge in [-0.15, -0.1) is 0 Å². The Labute approximate surface area is 79.2 Å². The SMILES string of the molecule is CSN=Cc1ccc(C(F)F)nc1. The summed E-state index contributed by atoms with van der Waals surface area (Å²) < 4.78 is 28.0. The lowest BCUT2D eigenvalue weighted by Crippen LogP contribution is -1.90. The smallest absolute Gasteiger partial charge is 0.255 e. The molecule has 13 heavy (non-hydrogen) atoms. The maximum atomic E-state index is 12.1. The van der Waals surface area contributed by atoms with Crippen molar-refractivity contribution in [1.82, 2.24) is 4.98 Å². The number of hydrogen-bond donors (Lipinski definition) is 0. The van der Waals surface area contributed by atoms with E-state index < -0.39 is 6.43 Å². The Morgan fingerprint density at radius 1 is 1.54 bits per heavy atom. The lowest BCUT2D eigenvalue weighted by molar-refractivity contribution is 0.146. The van der Waals surface area contributed by atoms with Gasteiger partial charge in [0, 0.05) is 24.2 Å². The molecular formula is C8H8F2N2S. The van der Waals surface area contributed by atoms with Crippen LogP contribution in [0.4, 0.5) is 8.78 Å². The first kappa shape index (κ1) is 10.1. The molecule has 0 aromatic carbocycles. The molecule has 0 aliphatic heterocycles. The minimum Gasteiger partial charge on any atom is -0.255 e. The van der Waals surface area contributed by atoms with Crippen molar-refractivity contribution in [3.05, 3.63) is 29.6 Å². The van der Waals surface area contributed by atoms with Crippen LogP contribution in [0.1, 0.15) is 17.7 Å². The first-order chi connectivity index (χ1) is 6.24. The average Bonchev–Trinajstić information content (AvgIpc) is 2.15. The lowest BCUT2D eigenvalue weighted by atomic mass is 10.3. The summed E-state index contributed by atoms with van der Waals surface area (Å²) in [4.78, 5) is 3.58. The Hall–Kier alpha value is -0.970. The Morgan fingerprint density at radius 2 is 2.31 bits per heavy atom. The standard InChI is InChI=1S/C8H8F2N2S/c1-13-12-5-6-2-3-7(8(9)10)11-4-6/h2-5,8H,1H3. The van der Waals surface area contributed by atoms with Crippen LogP contribution >= 0.6 is 11.9 Å². The molecule has 2 nitrogen and oxygen atoms in total. The van der Waals surface area contributed by atoms with Crippen LogP contribution in [-0.4, -0.2) is 17.5 Å². The summed E-state index contributed by atoms with van der Waals surface area (Å²) in [5.41, 5.74) is 0.514. The van der Waals surface area contributed by atoms with Crippen LogP contribution in [0.15, 0.2) is 22.7 Å². The van der Waals surface area contributed by atoms with Crippen LogP contribution in [0.5, 0.6) is 0 Å². The molecule has 0 radical (unpaired) electrons. The van der Waals surface area contributed by atoms with E-state index in [1.165, 1.54) is 24.2 Å².